The van der Waals surface area contributed by atoms with Crippen molar-refractivity contribution in [1.29, 1.82) is 5.26 Å². The van der Waals surface area contributed by atoms with Gasteiger partial charge in [-0.1, -0.05) is 60.2 Å². The fourth-order valence-corrected chi connectivity index (χ4v) is 5.49. The van der Waals surface area contributed by atoms with Gasteiger partial charge in [-0.3, -0.25) is 0 Å². The average molecular weight is 449 g/mol. The Labute approximate surface area is 188 Å². The second-order valence-corrected chi connectivity index (χ2v) is 10.1. The third kappa shape index (κ3) is 5.38. The highest BCUT2D eigenvalue weighted by molar-refractivity contribution is 8.04. The number of nitriles is 1. The first-order valence-electron chi connectivity index (χ1n) is 9.79. The van der Waals surface area contributed by atoms with E-state index in [0.717, 1.165) is 27.9 Å². The highest BCUT2D eigenvalue weighted by Gasteiger charge is 2.25. The van der Waals surface area contributed by atoms with Crippen LogP contribution in [0.25, 0.3) is 0 Å². The smallest absolute Gasteiger partial charge is 0.219 e. The number of aryl methyl sites for hydroxylation is 2. The van der Waals surface area contributed by atoms with E-state index < -0.39 is 9.84 Å². The van der Waals surface area contributed by atoms with E-state index in [2.05, 4.69) is 5.32 Å². The standard InChI is InChI=1S/C25H24N2O2S2/c1-18-12-14-21(15-13-18)17-30-25(27-23-11-7-8-19(2)20(23)3)24(16-26)31(28,29)22-9-5-4-6-10-22/h4-15,27H,17H2,1-3H3. The lowest BCUT2D eigenvalue weighted by Crippen LogP contribution is -2.11. The van der Waals surface area contributed by atoms with Crippen molar-refractivity contribution in [3.63, 3.8) is 0 Å². The molecule has 4 nitrogen and oxygen atoms in total. The first-order valence-corrected chi connectivity index (χ1v) is 12.3. The summed E-state index contributed by atoms with van der Waals surface area (Å²) >= 11 is 1.31. The SMILES string of the molecule is Cc1ccc(CSC(Nc2cccc(C)c2C)=C(C#N)S(=O)(=O)c2ccccc2)cc1. The van der Waals surface area contributed by atoms with Crippen LogP contribution in [0.5, 0.6) is 0 Å². The van der Waals surface area contributed by atoms with E-state index in [9.17, 15) is 13.7 Å². The molecule has 158 valence electrons. The van der Waals surface area contributed by atoms with E-state index >= 15 is 0 Å². The van der Waals surface area contributed by atoms with Gasteiger partial charge in [0.05, 0.1) is 4.90 Å². The van der Waals surface area contributed by atoms with E-state index in [1.807, 2.05) is 69.3 Å². The second-order valence-electron chi connectivity index (χ2n) is 7.23. The average Bonchev–Trinajstić information content (AvgIpc) is 2.77. The van der Waals surface area contributed by atoms with Crippen LogP contribution in [0.3, 0.4) is 0 Å². The molecule has 0 aliphatic heterocycles. The van der Waals surface area contributed by atoms with E-state index in [1.165, 1.54) is 23.9 Å². The maximum atomic E-state index is 13.3. The zero-order valence-electron chi connectivity index (χ0n) is 17.7. The molecular formula is C25H24N2O2S2. The van der Waals surface area contributed by atoms with E-state index in [-0.39, 0.29) is 9.80 Å². The van der Waals surface area contributed by atoms with Crippen LogP contribution in [-0.2, 0) is 15.6 Å². The Morgan fingerprint density at radius 1 is 0.935 bits per heavy atom. The molecule has 0 heterocycles. The summed E-state index contributed by atoms with van der Waals surface area (Å²) in [6.07, 6.45) is 0. The quantitative estimate of drug-likeness (QED) is 0.441. The van der Waals surface area contributed by atoms with E-state index in [0.29, 0.717) is 10.8 Å². The second kappa shape index (κ2) is 9.86. The predicted octanol–water partition coefficient (Wildman–Crippen LogP) is 6.12. The van der Waals surface area contributed by atoms with Crippen molar-refractivity contribution in [2.24, 2.45) is 0 Å². The van der Waals surface area contributed by atoms with Crippen LogP contribution in [0, 0.1) is 32.1 Å². The topological polar surface area (TPSA) is 70.0 Å². The van der Waals surface area contributed by atoms with Crippen molar-refractivity contribution in [1.82, 2.24) is 0 Å². The minimum atomic E-state index is -3.97. The van der Waals surface area contributed by atoms with Crippen molar-refractivity contribution in [2.45, 2.75) is 31.4 Å². The number of thioether (sulfide) groups is 1. The predicted molar refractivity (Wildman–Crippen MR) is 128 cm³/mol. The maximum absolute atomic E-state index is 13.3. The van der Waals surface area contributed by atoms with Gasteiger partial charge in [0.25, 0.3) is 0 Å². The number of benzene rings is 3. The summed E-state index contributed by atoms with van der Waals surface area (Å²) in [5, 5.41) is 13.4. The molecule has 0 aliphatic carbocycles. The molecule has 3 aromatic carbocycles. The highest BCUT2D eigenvalue weighted by Crippen LogP contribution is 2.32. The van der Waals surface area contributed by atoms with Crippen LogP contribution in [0.2, 0.25) is 0 Å². The van der Waals surface area contributed by atoms with Gasteiger partial charge in [-0.05, 0) is 55.7 Å². The molecule has 0 unspecified atom stereocenters. The molecule has 3 rings (SSSR count). The van der Waals surface area contributed by atoms with Gasteiger partial charge in [-0.25, -0.2) is 8.42 Å². The zero-order chi connectivity index (χ0) is 22.4. The number of allylic oxidation sites excluding steroid dienone is 1. The molecule has 0 radical (unpaired) electrons. The van der Waals surface area contributed by atoms with E-state index in [1.54, 1.807) is 18.2 Å². The first-order chi connectivity index (χ1) is 14.8. The van der Waals surface area contributed by atoms with Gasteiger partial charge in [0.2, 0.25) is 9.84 Å². The van der Waals surface area contributed by atoms with Crippen molar-refractivity contribution in [3.05, 3.63) is 105 Å². The highest BCUT2D eigenvalue weighted by atomic mass is 32.2. The molecule has 0 fully saturated rings. The summed E-state index contributed by atoms with van der Waals surface area (Å²) in [7, 11) is -3.97. The summed E-state index contributed by atoms with van der Waals surface area (Å²) in [4.78, 5) is -0.181. The molecule has 0 amide bonds. The van der Waals surface area contributed by atoms with Crippen molar-refractivity contribution < 1.29 is 8.42 Å². The molecule has 3 aromatic rings. The molecule has 0 saturated heterocycles. The molecule has 0 bridgehead atoms. The van der Waals surface area contributed by atoms with Crippen LogP contribution >= 0.6 is 11.8 Å². The van der Waals surface area contributed by atoms with Crippen molar-refractivity contribution >= 4 is 27.3 Å². The van der Waals surface area contributed by atoms with Gasteiger partial charge in [-0.2, -0.15) is 5.26 Å². The fourth-order valence-electron chi connectivity index (χ4n) is 2.96. The molecule has 0 aliphatic rings. The minimum Gasteiger partial charge on any atom is -0.348 e. The number of nitrogens with one attached hydrogen (secondary N) is 1. The Morgan fingerprint density at radius 3 is 2.26 bits per heavy atom. The maximum Gasteiger partial charge on any atom is 0.219 e. The third-order valence-electron chi connectivity index (χ3n) is 4.99. The number of anilines is 1. The molecule has 31 heavy (non-hydrogen) atoms. The van der Waals surface area contributed by atoms with Gasteiger partial charge in [-0.15, -0.1) is 11.8 Å². The molecular weight excluding hydrogens is 424 g/mol. The van der Waals surface area contributed by atoms with Crippen LogP contribution in [0.15, 0.2) is 87.6 Å². The number of rotatable bonds is 7. The van der Waals surface area contributed by atoms with Crippen molar-refractivity contribution in [3.8, 4) is 6.07 Å². The molecule has 0 spiro atoms. The van der Waals surface area contributed by atoms with E-state index in [4.69, 9.17) is 0 Å². The van der Waals surface area contributed by atoms with Gasteiger partial charge in [0.1, 0.15) is 11.1 Å². The summed E-state index contributed by atoms with van der Waals surface area (Å²) in [6, 6.07) is 23.9. The van der Waals surface area contributed by atoms with Gasteiger partial charge < -0.3 is 5.32 Å². The van der Waals surface area contributed by atoms with Crippen LogP contribution in [0.4, 0.5) is 5.69 Å². The monoisotopic (exact) mass is 448 g/mol. The summed E-state index contributed by atoms with van der Waals surface area (Å²) in [6.45, 7) is 5.98. The van der Waals surface area contributed by atoms with Crippen molar-refractivity contribution in [2.75, 3.05) is 5.32 Å². The molecule has 0 atom stereocenters. The number of hydrogen-bond acceptors (Lipinski definition) is 5. The largest absolute Gasteiger partial charge is 0.348 e. The van der Waals surface area contributed by atoms with Gasteiger partial charge >= 0.3 is 0 Å². The lowest BCUT2D eigenvalue weighted by Gasteiger charge is -2.16. The number of sulfone groups is 1. The van der Waals surface area contributed by atoms with Crippen LogP contribution in [-0.4, -0.2) is 8.42 Å². The third-order valence-corrected chi connectivity index (χ3v) is 7.91. The number of hydrogen-bond donors (Lipinski definition) is 1. The lowest BCUT2D eigenvalue weighted by atomic mass is 10.1. The Kier molecular flexibility index (Phi) is 7.21. The normalized spacial score (nSPS) is 12.1. The van der Waals surface area contributed by atoms with Gasteiger partial charge in [0.15, 0.2) is 4.91 Å². The molecule has 6 heteroatoms. The minimum absolute atomic E-state index is 0.0998. The molecule has 0 aromatic heterocycles. The molecule has 1 N–H and O–H groups in total. The summed E-state index contributed by atoms with van der Waals surface area (Å²) in [5.74, 6) is 0.531. The Balaban J connectivity index is 2.07. The van der Waals surface area contributed by atoms with Crippen LogP contribution < -0.4 is 5.32 Å². The Morgan fingerprint density at radius 2 is 1.61 bits per heavy atom. The fraction of sp³-hybridized carbons (Fsp3) is 0.160. The Bertz CT molecular complexity index is 1240. The zero-order valence-corrected chi connectivity index (χ0v) is 19.3. The first kappa shape index (κ1) is 22.7. The Hall–Kier alpha value is -3.01. The summed E-state index contributed by atoms with van der Waals surface area (Å²) < 4.78 is 26.5. The summed E-state index contributed by atoms with van der Waals surface area (Å²) in [5.41, 5.74) is 5.07. The van der Waals surface area contributed by atoms with Crippen LogP contribution in [0.1, 0.15) is 22.3 Å². The lowest BCUT2D eigenvalue weighted by molar-refractivity contribution is 0.603. The number of nitrogens with zero attached hydrogens (tertiary/aromatic N) is 1. The van der Waals surface area contributed by atoms with Gasteiger partial charge in [0, 0.05) is 11.4 Å². The molecule has 0 saturated carbocycles.